The van der Waals surface area contributed by atoms with Crippen LogP contribution >= 0.6 is 0 Å². The van der Waals surface area contributed by atoms with Gasteiger partial charge in [0, 0.05) is 6.04 Å². The maximum Gasteiger partial charge on any atom is 0.127 e. The molecule has 1 atom stereocenters. The normalized spacial score (nSPS) is 12.0. The molecule has 1 unspecified atom stereocenters. The first-order valence-corrected chi connectivity index (χ1v) is 6.37. The highest BCUT2D eigenvalue weighted by Crippen LogP contribution is 2.34. The van der Waals surface area contributed by atoms with E-state index in [0.717, 1.165) is 5.56 Å². The zero-order valence-corrected chi connectivity index (χ0v) is 11.6. The highest BCUT2D eigenvalue weighted by atomic mass is 19.1. The predicted octanol–water partition coefficient (Wildman–Crippen LogP) is 3.09. The average Bonchev–Trinajstić information content (AvgIpc) is 2.48. The first kappa shape index (κ1) is 14.3. The Morgan fingerprint density at radius 3 is 2.15 bits per heavy atom. The van der Waals surface area contributed by atoms with Gasteiger partial charge in [0.05, 0.1) is 19.8 Å². The molecule has 0 aliphatic rings. The van der Waals surface area contributed by atoms with Crippen LogP contribution in [0.2, 0.25) is 0 Å². The third-order valence-corrected chi connectivity index (χ3v) is 3.23. The van der Waals surface area contributed by atoms with Gasteiger partial charge in [-0.1, -0.05) is 24.3 Å². The summed E-state index contributed by atoms with van der Waals surface area (Å²) in [5.41, 5.74) is 7.55. The quantitative estimate of drug-likeness (QED) is 0.912. The minimum absolute atomic E-state index is 0.253. The molecule has 2 aromatic carbocycles. The molecule has 4 heteroatoms. The van der Waals surface area contributed by atoms with Crippen molar-refractivity contribution in [3.63, 3.8) is 0 Å². The van der Waals surface area contributed by atoms with Crippen molar-refractivity contribution in [2.75, 3.05) is 14.2 Å². The Kier molecular flexibility index (Phi) is 4.58. The number of nitrogens with two attached hydrogens (primary N) is 1. The summed E-state index contributed by atoms with van der Waals surface area (Å²) in [7, 11) is 3.15. The fourth-order valence-electron chi connectivity index (χ4n) is 2.25. The van der Waals surface area contributed by atoms with Gasteiger partial charge in [-0.05, 0) is 30.2 Å². The Bertz CT molecular complexity index is 564. The summed E-state index contributed by atoms with van der Waals surface area (Å²) >= 11 is 0. The lowest BCUT2D eigenvalue weighted by atomic mass is 9.97. The van der Waals surface area contributed by atoms with Crippen molar-refractivity contribution in [3.05, 3.63) is 59.4 Å². The molecular weight excluding hydrogens is 257 g/mol. The van der Waals surface area contributed by atoms with Crippen LogP contribution in [0, 0.1) is 5.82 Å². The molecule has 0 aromatic heterocycles. The molecule has 0 spiro atoms. The third-order valence-electron chi connectivity index (χ3n) is 3.23. The second kappa shape index (κ2) is 6.39. The van der Waals surface area contributed by atoms with Crippen LogP contribution < -0.4 is 15.2 Å². The zero-order valence-electron chi connectivity index (χ0n) is 11.6. The standard InChI is InChI=1S/C16H18FNO2/c1-19-14-8-5-9-15(20-2)16(14)13(18)10-11-6-3-4-7-12(11)17/h3-9,13H,10,18H2,1-2H3. The summed E-state index contributed by atoms with van der Waals surface area (Å²) in [6.07, 6.45) is 0.378. The van der Waals surface area contributed by atoms with Crippen molar-refractivity contribution in [3.8, 4) is 11.5 Å². The van der Waals surface area contributed by atoms with Gasteiger partial charge in [0.15, 0.2) is 0 Å². The Hall–Kier alpha value is -2.07. The molecule has 0 radical (unpaired) electrons. The molecule has 0 bridgehead atoms. The molecular formula is C16H18FNO2. The van der Waals surface area contributed by atoms with E-state index in [0.29, 0.717) is 23.5 Å². The van der Waals surface area contributed by atoms with Gasteiger partial charge in [0.1, 0.15) is 17.3 Å². The molecule has 0 aliphatic carbocycles. The number of benzene rings is 2. The zero-order chi connectivity index (χ0) is 14.5. The van der Waals surface area contributed by atoms with Gasteiger partial charge < -0.3 is 15.2 Å². The molecule has 0 fully saturated rings. The van der Waals surface area contributed by atoms with Gasteiger partial charge in [0.2, 0.25) is 0 Å². The van der Waals surface area contributed by atoms with Crippen LogP contribution in [-0.4, -0.2) is 14.2 Å². The topological polar surface area (TPSA) is 44.5 Å². The smallest absolute Gasteiger partial charge is 0.127 e. The minimum atomic E-state index is -0.405. The van der Waals surface area contributed by atoms with Crippen molar-refractivity contribution >= 4 is 0 Å². The second-order valence-corrected chi connectivity index (χ2v) is 4.48. The Morgan fingerprint density at radius 1 is 1.00 bits per heavy atom. The first-order valence-electron chi connectivity index (χ1n) is 6.37. The van der Waals surface area contributed by atoms with Crippen molar-refractivity contribution in [2.24, 2.45) is 5.73 Å². The van der Waals surface area contributed by atoms with Gasteiger partial charge in [-0.25, -0.2) is 4.39 Å². The van der Waals surface area contributed by atoms with E-state index in [-0.39, 0.29) is 5.82 Å². The second-order valence-electron chi connectivity index (χ2n) is 4.48. The van der Waals surface area contributed by atoms with E-state index in [1.54, 1.807) is 32.4 Å². The summed E-state index contributed by atoms with van der Waals surface area (Å²) in [4.78, 5) is 0. The molecule has 0 heterocycles. The molecule has 106 valence electrons. The molecule has 0 saturated heterocycles. The van der Waals surface area contributed by atoms with Crippen LogP contribution in [-0.2, 0) is 6.42 Å². The number of methoxy groups -OCH3 is 2. The fourth-order valence-corrected chi connectivity index (χ4v) is 2.25. The molecule has 2 rings (SSSR count). The first-order chi connectivity index (χ1) is 9.67. The van der Waals surface area contributed by atoms with Gasteiger partial charge in [-0.2, -0.15) is 0 Å². The average molecular weight is 275 g/mol. The maximum atomic E-state index is 13.7. The molecule has 0 amide bonds. The highest BCUT2D eigenvalue weighted by Gasteiger charge is 2.18. The van der Waals surface area contributed by atoms with E-state index < -0.39 is 6.04 Å². The fraction of sp³-hybridized carbons (Fsp3) is 0.250. The number of hydrogen-bond acceptors (Lipinski definition) is 3. The van der Waals surface area contributed by atoms with Crippen LogP contribution in [0.15, 0.2) is 42.5 Å². The molecule has 3 nitrogen and oxygen atoms in total. The molecule has 20 heavy (non-hydrogen) atoms. The number of ether oxygens (including phenoxy) is 2. The maximum absolute atomic E-state index is 13.7. The van der Waals surface area contributed by atoms with E-state index in [2.05, 4.69) is 0 Å². The van der Waals surface area contributed by atoms with Crippen molar-refractivity contribution in [1.82, 2.24) is 0 Å². The summed E-state index contributed by atoms with van der Waals surface area (Å²) in [5.74, 6) is 1.04. The van der Waals surface area contributed by atoms with Crippen LogP contribution in [0.1, 0.15) is 17.2 Å². The van der Waals surface area contributed by atoms with Crippen molar-refractivity contribution < 1.29 is 13.9 Å². The van der Waals surface area contributed by atoms with E-state index in [1.807, 2.05) is 18.2 Å². The van der Waals surface area contributed by atoms with E-state index in [1.165, 1.54) is 6.07 Å². The van der Waals surface area contributed by atoms with Crippen LogP contribution in [0.4, 0.5) is 4.39 Å². The SMILES string of the molecule is COc1cccc(OC)c1C(N)Cc1ccccc1F. The van der Waals surface area contributed by atoms with Crippen LogP contribution in [0.3, 0.4) is 0 Å². The summed E-state index contributed by atoms with van der Waals surface area (Å²) in [6, 6.07) is 11.7. The molecule has 2 aromatic rings. The van der Waals surface area contributed by atoms with Crippen molar-refractivity contribution in [2.45, 2.75) is 12.5 Å². The van der Waals surface area contributed by atoms with Gasteiger partial charge in [-0.15, -0.1) is 0 Å². The van der Waals surface area contributed by atoms with Crippen molar-refractivity contribution in [1.29, 1.82) is 0 Å². The van der Waals surface area contributed by atoms with Gasteiger partial charge in [-0.3, -0.25) is 0 Å². The van der Waals surface area contributed by atoms with Gasteiger partial charge in [0.25, 0.3) is 0 Å². The van der Waals surface area contributed by atoms with E-state index in [9.17, 15) is 4.39 Å². The largest absolute Gasteiger partial charge is 0.496 e. The Morgan fingerprint density at radius 2 is 1.60 bits per heavy atom. The lowest BCUT2D eigenvalue weighted by molar-refractivity contribution is 0.378. The molecule has 0 saturated carbocycles. The van der Waals surface area contributed by atoms with E-state index in [4.69, 9.17) is 15.2 Å². The highest BCUT2D eigenvalue weighted by molar-refractivity contribution is 5.47. The summed E-state index contributed by atoms with van der Waals surface area (Å²) in [6.45, 7) is 0. The van der Waals surface area contributed by atoms with Gasteiger partial charge >= 0.3 is 0 Å². The van der Waals surface area contributed by atoms with E-state index >= 15 is 0 Å². The summed E-state index contributed by atoms with van der Waals surface area (Å²) < 4.78 is 24.4. The third kappa shape index (κ3) is 2.91. The van der Waals surface area contributed by atoms with Crippen LogP contribution in [0.5, 0.6) is 11.5 Å². The Labute approximate surface area is 118 Å². The predicted molar refractivity (Wildman–Crippen MR) is 76.6 cm³/mol. The number of rotatable bonds is 5. The lowest BCUT2D eigenvalue weighted by Crippen LogP contribution is -2.16. The molecule has 2 N–H and O–H groups in total. The Balaban J connectivity index is 2.34. The summed E-state index contributed by atoms with van der Waals surface area (Å²) in [5, 5.41) is 0. The minimum Gasteiger partial charge on any atom is -0.496 e. The number of hydrogen-bond donors (Lipinski definition) is 1. The van der Waals surface area contributed by atoms with Crippen LogP contribution in [0.25, 0.3) is 0 Å². The lowest BCUT2D eigenvalue weighted by Gasteiger charge is -2.19. The molecule has 0 aliphatic heterocycles. The monoisotopic (exact) mass is 275 g/mol. The number of halogens is 1.